The van der Waals surface area contributed by atoms with Crippen molar-refractivity contribution in [1.82, 2.24) is 4.98 Å². The fraction of sp³-hybridized carbons (Fsp3) is 0.188. The molecule has 1 aliphatic rings. The van der Waals surface area contributed by atoms with Gasteiger partial charge in [-0.05, 0) is 43.1 Å². The zero-order valence-corrected chi connectivity index (χ0v) is 11.5. The highest BCUT2D eigenvalue weighted by molar-refractivity contribution is 6.34. The first-order chi connectivity index (χ1) is 10.2. The van der Waals surface area contributed by atoms with Crippen LogP contribution < -0.4 is 10.6 Å². The molecule has 2 aromatic rings. The average molecular weight is 281 g/mol. The van der Waals surface area contributed by atoms with Crippen molar-refractivity contribution in [2.75, 3.05) is 11.4 Å². The molecule has 0 radical (unpaired) electrons. The summed E-state index contributed by atoms with van der Waals surface area (Å²) in [5.74, 6) is -0.618. The summed E-state index contributed by atoms with van der Waals surface area (Å²) >= 11 is 0. The zero-order valence-electron chi connectivity index (χ0n) is 11.5. The third kappa shape index (κ3) is 2.32. The van der Waals surface area contributed by atoms with Crippen molar-refractivity contribution >= 4 is 17.5 Å². The lowest BCUT2D eigenvalue weighted by Crippen LogP contribution is -2.29. The van der Waals surface area contributed by atoms with Gasteiger partial charge in [0.15, 0.2) is 0 Å². The molecule has 1 aliphatic heterocycles. The average Bonchev–Trinajstić information content (AvgIpc) is 2.78. The number of hydrogen-bond donors (Lipinski definition) is 1. The smallest absolute Gasteiger partial charge is 0.267 e. The normalized spacial score (nSPS) is 13.7. The number of pyridine rings is 1. The van der Waals surface area contributed by atoms with E-state index >= 15 is 0 Å². The Morgan fingerprint density at radius 3 is 2.67 bits per heavy atom. The lowest BCUT2D eigenvalue weighted by Gasteiger charge is -2.15. The first-order valence-electron chi connectivity index (χ1n) is 6.84. The second-order valence-electron chi connectivity index (χ2n) is 4.93. The van der Waals surface area contributed by atoms with Crippen LogP contribution in [-0.2, 0) is 6.42 Å². The molecule has 5 heteroatoms. The van der Waals surface area contributed by atoms with E-state index < -0.39 is 0 Å². The van der Waals surface area contributed by atoms with Gasteiger partial charge in [0.25, 0.3) is 11.8 Å². The van der Waals surface area contributed by atoms with Gasteiger partial charge < -0.3 is 5.73 Å². The number of rotatable bonds is 4. The first kappa shape index (κ1) is 13.5. The number of aryl methyl sites for hydroxylation is 1. The Balaban J connectivity index is 1.95. The van der Waals surface area contributed by atoms with Crippen LogP contribution in [0.5, 0.6) is 0 Å². The van der Waals surface area contributed by atoms with Crippen LogP contribution in [-0.4, -0.2) is 23.3 Å². The molecular weight excluding hydrogens is 266 g/mol. The number of carbonyl (C=O) groups excluding carboxylic acids is 2. The summed E-state index contributed by atoms with van der Waals surface area (Å²) in [6, 6.07) is 9.03. The highest BCUT2D eigenvalue weighted by Gasteiger charge is 2.36. The van der Waals surface area contributed by atoms with Gasteiger partial charge in [-0.2, -0.15) is 0 Å². The van der Waals surface area contributed by atoms with E-state index in [-0.39, 0.29) is 11.8 Å². The van der Waals surface area contributed by atoms with Crippen molar-refractivity contribution in [3.8, 4) is 0 Å². The van der Waals surface area contributed by atoms with E-state index in [0.29, 0.717) is 23.4 Å². The molecule has 5 nitrogen and oxygen atoms in total. The van der Waals surface area contributed by atoms with Gasteiger partial charge in [-0.25, -0.2) is 4.90 Å². The number of anilines is 1. The molecule has 106 valence electrons. The number of nitrogens with two attached hydrogens (primary N) is 1. The van der Waals surface area contributed by atoms with Crippen molar-refractivity contribution < 1.29 is 9.59 Å². The summed E-state index contributed by atoms with van der Waals surface area (Å²) < 4.78 is 0. The molecule has 0 unspecified atom stereocenters. The van der Waals surface area contributed by atoms with Crippen molar-refractivity contribution in [3.63, 3.8) is 0 Å². The van der Waals surface area contributed by atoms with Crippen LogP contribution >= 0.6 is 0 Å². The molecule has 21 heavy (non-hydrogen) atoms. The quantitative estimate of drug-likeness (QED) is 0.867. The Morgan fingerprint density at radius 1 is 1.10 bits per heavy atom. The number of amides is 2. The van der Waals surface area contributed by atoms with Crippen molar-refractivity contribution in [3.05, 3.63) is 59.4 Å². The molecule has 1 aromatic carbocycles. The minimum Gasteiger partial charge on any atom is -0.330 e. The molecule has 2 amide bonds. The predicted octanol–water partition coefficient (Wildman–Crippen LogP) is 1.77. The SMILES string of the molecule is NCCCc1cccc(N2C(=O)c3ccncc3C2=O)c1. The predicted molar refractivity (Wildman–Crippen MR) is 79.2 cm³/mol. The van der Waals surface area contributed by atoms with Gasteiger partial charge >= 0.3 is 0 Å². The summed E-state index contributed by atoms with van der Waals surface area (Å²) in [5.41, 5.74) is 7.93. The maximum absolute atomic E-state index is 12.4. The second-order valence-corrected chi connectivity index (χ2v) is 4.93. The Bertz CT molecular complexity index is 677. The zero-order chi connectivity index (χ0) is 14.8. The molecule has 0 spiro atoms. The van der Waals surface area contributed by atoms with Gasteiger partial charge in [0.2, 0.25) is 0 Å². The molecule has 0 fully saturated rings. The maximum atomic E-state index is 12.4. The third-order valence-electron chi connectivity index (χ3n) is 3.53. The van der Waals surface area contributed by atoms with E-state index in [0.717, 1.165) is 18.4 Å². The molecule has 1 aromatic heterocycles. The Morgan fingerprint density at radius 2 is 1.90 bits per heavy atom. The van der Waals surface area contributed by atoms with Crippen molar-refractivity contribution in [2.24, 2.45) is 5.73 Å². The number of fused-ring (bicyclic) bond motifs is 1. The molecule has 2 heterocycles. The van der Waals surface area contributed by atoms with Crippen LogP contribution in [0.1, 0.15) is 32.7 Å². The van der Waals surface area contributed by atoms with E-state index in [1.54, 1.807) is 12.1 Å². The molecule has 3 rings (SSSR count). The molecule has 0 bridgehead atoms. The molecule has 2 N–H and O–H groups in total. The Hall–Kier alpha value is -2.53. The van der Waals surface area contributed by atoms with Crippen LogP contribution in [0.15, 0.2) is 42.7 Å². The lowest BCUT2D eigenvalue weighted by molar-refractivity contribution is 0.0926. The Labute approximate surface area is 122 Å². The fourth-order valence-electron chi connectivity index (χ4n) is 2.48. The maximum Gasteiger partial charge on any atom is 0.267 e. The topological polar surface area (TPSA) is 76.3 Å². The van der Waals surface area contributed by atoms with Gasteiger partial charge in [-0.1, -0.05) is 12.1 Å². The largest absolute Gasteiger partial charge is 0.330 e. The number of hydrogen-bond acceptors (Lipinski definition) is 4. The minimum absolute atomic E-state index is 0.298. The summed E-state index contributed by atoms with van der Waals surface area (Å²) in [5, 5.41) is 0. The van der Waals surface area contributed by atoms with Gasteiger partial charge in [0, 0.05) is 12.4 Å². The summed E-state index contributed by atoms with van der Waals surface area (Å²) in [7, 11) is 0. The number of imide groups is 1. The molecular formula is C16H15N3O2. The summed E-state index contributed by atoms with van der Waals surface area (Å²) in [4.78, 5) is 29.9. The lowest BCUT2D eigenvalue weighted by atomic mass is 10.1. The van der Waals surface area contributed by atoms with Crippen LogP contribution in [0.3, 0.4) is 0 Å². The molecule has 0 saturated heterocycles. The first-order valence-corrected chi connectivity index (χ1v) is 6.84. The van der Waals surface area contributed by atoms with E-state index in [4.69, 9.17) is 5.73 Å². The highest BCUT2D eigenvalue weighted by atomic mass is 16.2. The van der Waals surface area contributed by atoms with Gasteiger partial charge in [-0.15, -0.1) is 0 Å². The molecule has 0 saturated carbocycles. The monoisotopic (exact) mass is 281 g/mol. The van der Waals surface area contributed by atoms with E-state index in [1.165, 1.54) is 17.3 Å². The minimum atomic E-state index is -0.320. The second kappa shape index (κ2) is 5.46. The van der Waals surface area contributed by atoms with Crippen molar-refractivity contribution in [1.29, 1.82) is 0 Å². The van der Waals surface area contributed by atoms with E-state index in [2.05, 4.69) is 4.98 Å². The van der Waals surface area contributed by atoms with Gasteiger partial charge in [0.05, 0.1) is 16.8 Å². The highest BCUT2D eigenvalue weighted by Crippen LogP contribution is 2.28. The third-order valence-corrected chi connectivity index (χ3v) is 3.53. The van der Waals surface area contributed by atoms with Gasteiger partial charge in [0.1, 0.15) is 0 Å². The summed E-state index contributed by atoms with van der Waals surface area (Å²) in [6.07, 6.45) is 4.66. The number of carbonyl (C=O) groups is 2. The van der Waals surface area contributed by atoms with Crippen LogP contribution in [0.25, 0.3) is 0 Å². The number of aromatic nitrogens is 1. The van der Waals surface area contributed by atoms with Crippen LogP contribution in [0, 0.1) is 0 Å². The standard InChI is InChI=1S/C16H15N3O2/c17-7-2-4-11-3-1-5-12(9-11)19-15(20)13-6-8-18-10-14(13)16(19)21/h1,3,5-6,8-10H,2,4,7,17H2. The van der Waals surface area contributed by atoms with E-state index in [9.17, 15) is 9.59 Å². The van der Waals surface area contributed by atoms with Crippen LogP contribution in [0.4, 0.5) is 5.69 Å². The molecule has 0 atom stereocenters. The van der Waals surface area contributed by atoms with Crippen LogP contribution in [0.2, 0.25) is 0 Å². The van der Waals surface area contributed by atoms with E-state index in [1.807, 2.05) is 18.2 Å². The van der Waals surface area contributed by atoms with Gasteiger partial charge in [-0.3, -0.25) is 14.6 Å². The molecule has 0 aliphatic carbocycles. The van der Waals surface area contributed by atoms with Crippen molar-refractivity contribution in [2.45, 2.75) is 12.8 Å². The number of benzene rings is 1. The number of nitrogens with zero attached hydrogens (tertiary/aromatic N) is 2. The Kier molecular flexibility index (Phi) is 3.50. The fourth-order valence-corrected chi connectivity index (χ4v) is 2.48. The summed E-state index contributed by atoms with van der Waals surface area (Å²) in [6.45, 7) is 0.614.